The molecule has 2 aromatic carbocycles. The Hall–Kier alpha value is -3.23. The van der Waals surface area contributed by atoms with Crippen molar-refractivity contribution in [1.82, 2.24) is 9.97 Å². The third-order valence-electron chi connectivity index (χ3n) is 4.86. The molecule has 7 nitrogen and oxygen atoms in total. The van der Waals surface area contributed by atoms with E-state index in [0.717, 1.165) is 11.1 Å². The van der Waals surface area contributed by atoms with E-state index in [1.807, 2.05) is 24.3 Å². The lowest BCUT2D eigenvalue weighted by Gasteiger charge is -2.15. The molecule has 9 heteroatoms. The molecule has 3 rings (SSSR count). The van der Waals surface area contributed by atoms with E-state index in [1.165, 1.54) is 12.3 Å². The van der Waals surface area contributed by atoms with Crippen molar-refractivity contribution in [2.24, 2.45) is 0 Å². The molecule has 2 N–H and O–H groups in total. The van der Waals surface area contributed by atoms with E-state index in [9.17, 15) is 13.2 Å². The van der Waals surface area contributed by atoms with Crippen LogP contribution in [-0.2, 0) is 27.6 Å². The van der Waals surface area contributed by atoms with Crippen molar-refractivity contribution < 1.29 is 13.2 Å². The normalized spacial score (nSPS) is 11.3. The summed E-state index contributed by atoms with van der Waals surface area (Å²) in [6.45, 7) is 7.19. The molecule has 3 aromatic rings. The van der Waals surface area contributed by atoms with Crippen LogP contribution in [0.15, 0.2) is 72.3 Å². The molecule has 0 saturated carbocycles. The van der Waals surface area contributed by atoms with E-state index in [1.54, 1.807) is 38.1 Å². The van der Waals surface area contributed by atoms with Crippen LogP contribution in [-0.4, -0.2) is 29.4 Å². The van der Waals surface area contributed by atoms with Gasteiger partial charge in [0.25, 0.3) is 0 Å². The van der Waals surface area contributed by atoms with E-state index in [0.29, 0.717) is 24.6 Å². The first-order valence-electron chi connectivity index (χ1n) is 10.3. The number of hydrogen-bond donors (Lipinski definition) is 2. The molecule has 0 spiro atoms. The summed E-state index contributed by atoms with van der Waals surface area (Å²) in [6.07, 6.45) is 3.05. The van der Waals surface area contributed by atoms with Crippen LogP contribution in [0.2, 0.25) is 5.02 Å². The molecule has 0 fully saturated rings. The zero-order chi connectivity index (χ0) is 24.0. The number of ketones is 1. The second-order valence-electron chi connectivity index (χ2n) is 7.63. The van der Waals surface area contributed by atoms with Gasteiger partial charge in [0, 0.05) is 13.0 Å². The van der Waals surface area contributed by atoms with Gasteiger partial charge in [-0.2, -0.15) is 4.98 Å². The maximum Gasteiger partial charge on any atom is 0.224 e. The van der Waals surface area contributed by atoms with Crippen LogP contribution in [0.3, 0.4) is 0 Å². The van der Waals surface area contributed by atoms with Gasteiger partial charge >= 0.3 is 0 Å². The van der Waals surface area contributed by atoms with Crippen molar-refractivity contribution in [2.45, 2.75) is 37.0 Å². The lowest BCUT2D eigenvalue weighted by molar-refractivity contribution is -0.114. The smallest absolute Gasteiger partial charge is 0.224 e. The topological polar surface area (TPSA) is 101 Å². The lowest BCUT2D eigenvalue weighted by Crippen LogP contribution is -2.15. The van der Waals surface area contributed by atoms with Gasteiger partial charge in [0.15, 0.2) is 21.4 Å². The molecule has 0 aliphatic rings. The summed E-state index contributed by atoms with van der Waals surface area (Å²) in [5.74, 6) is 0.557. The van der Waals surface area contributed by atoms with E-state index in [2.05, 4.69) is 27.2 Å². The summed E-state index contributed by atoms with van der Waals surface area (Å²) in [5, 5.41) is 5.84. The molecule has 1 aromatic heterocycles. The minimum Gasteiger partial charge on any atom is -0.350 e. The van der Waals surface area contributed by atoms with Crippen LogP contribution in [0.25, 0.3) is 0 Å². The summed E-state index contributed by atoms with van der Waals surface area (Å²) in [7, 11) is -3.51. The SMILES string of the molecule is C=CC(=O)Cc1cccc(CNc2ncc(Cl)c(Nc3ccccc3S(=O)(=O)C(C)C)n2)c1. The Morgan fingerprint density at radius 3 is 2.61 bits per heavy atom. The third kappa shape index (κ3) is 6.18. The van der Waals surface area contributed by atoms with Crippen LogP contribution in [0, 0.1) is 0 Å². The minimum atomic E-state index is -3.51. The van der Waals surface area contributed by atoms with Gasteiger partial charge in [0.2, 0.25) is 5.95 Å². The van der Waals surface area contributed by atoms with Crippen LogP contribution < -0.4 is 10.6 Å². The number of carbonyl (C=O) groups excluding carboxylic acids is 1. The van der Waals surface area contributed by atoms with E-state index in [-0.39, 0.29) is 21.5 Å². The first-order chi connectivity index (χ1) is 15.7. The summed E-state index contributed by atoms with van der Waals surface area (Å²) < 4.78 is 25.4. The fraction of sp³-hybridized carbons (Fsp3) is 0.208. The number of benzene rings is 2. The Morgan fingerprint density at radius 2 is 1.88 bits per heavy atom. The number of nitrogens with zero attached hydrogens (tertiary/aromatic N) is 2. The second-order valence-corrected chi connectivity index (χ2v) is 10.5. The van der Waals surface area contributed by atoms with Crippen LogP contribution in [0.5, 0.6) is 0 Å². The Labute approximate surface area is 198 Å². The molecule has 1 heterocycles. The monoisotopic (exact) mass is 484 g/mol. The number of para-hydroxylation sites is 1. The molecule has 0 aliphatic heterocycles. The van der Waals surface area contributed by atoms with Gasteiger partial charge in [-0.1, -0.05) is 54.6 Å². The predicted molar refractivity (Wildman–Crippen MR) is 132 cm³/mol. The number of rotatable bonds is 10. The molecule has 0 saturated heterocycles. The van der Waals surface area contributed by atoms with Crippen molar-refractivity contribution in [2.75, 3.05) is 10.6 Å². The van der Waals surface area contributed by atoms with Gasteiger partial charge < -0.3 is 10.6 Å². The standard InChI is InChI=1S/C24H25ClN4O3S/c1-4-19(30)13-17-8-7-9-18(12-17)14-26-24-27-15-20(25)23(29-24)28-21-10-5-6-11-22(21)33(31,32)16(2)3/h4-12,15-16H,1,13-14H2,2-3H3,(H2,26,27,28,29). The second kappa shape index (κ2) is 10.6. The molecule has 33 heavy (non-hydrogen) atoms. The highest BCUT2D eigenvalue weighted by Gasteiger charge is 2.23. The van der Waals surface area contributed by atoms with E-state index < -0.39 is 15.1 Å². The number of nitrogens with one attached hydrogen (secondary N) is 2. The maximum absolute atomic E-state index is 12.7. The van der Waals surface area contributed by atoms with E-state index >= 15 is 0 Å². The van der Waals surface area contributed by atoms with Gasteiger partial charge in [0.05, 0.1) is 22.0 Å². The minimum absolute atomic E-state index is 0.0448. The first kappa shape index (κ1) is 24.4. The Balaban J connectivity index is 1.79. The van der Waals surface area contributed by atoms with Crippen molar-refractivity contribution in [3.05, 3.63) is 83.5 Å². The van der Waals surface area contributed by atoms with Gasteiger partial charge in [0.1, 0.15) is 5.02 Å². The molecule has 0 atom stereocenters. The number of hydrogen-bond acceptors (Lipinski definition) is 7. The van der Waals surface area contributed by atoms with Gasteiger partial charge in [-0.25, -0.2) is 13.4 Å². The molecular formula is C24H25ClN4O3S. The summed E-state index contributed by atoms with van der Waals surface area (Å²) in [6, 6.07) is 14.2. The Bertz CT molecular complexity index is 1280. The molecule has 172 valence electrons. The van der Waals surface area contributed by atoms with Crippen LogP contribution in [0.1, 0.15) is 25.0 Å². The lowest BCUT2D eigenvalue weighted by atomic mass is 10.1. The van der Waals surface area contributed by atoms with Crippen molar-refractivity contribution >= 4 is 44.7 Å². The molecule has 0 radical (unpaired) electrons. The highest BCUT2D eigenvalue weighted by atomic mass is 35.5. The summed E-state index contributed by atoms with van der Waals surface area (Å²) in [4.78, 5) is 20.4. The predicted octanol–water partition coefficient (Wildman–Crippen LogP) is 4.97. The summed E-state index contributed by atoms with van der Waals surface area (Å²) >= 11 is 6.27. The highest BCUT2D eigenvalue weighted by molar-refractivity contribution is 7.92. The van der Waals surface area contributed by atoms with Crippen LogP contribution >= 0.6 is 11.6 Å². The highest BCUT2D eigenvalue weighted by Crippen LogP contribution is 2.30. The fourth-order valence-corrected chi connectivity index (χ4v) is 4.38. The van der Waals surface area contributed by atoms with Gasteiger partial charge in [-0.15, -0.1) is 0 Å². The average Bonchev–Trinajstić information content (AvgIpc) is 2.80. The Kier molecular flexibility index (Phi) is 7.84. The third-order valence-corrected chi connectivity index (χ3v) is 7.35. The van der Waals surface area contributed by atoms with Crippen LogP contribution in [0.4, 0.5) is 17.5 Å². The molecular weight excluding hydrogens is 460 g/mol. The molecule has 0 aliphatic carbocycles. The average molecular weight is 485 g/mol. The molecule has 0 unspecified atom stereocenters. The zero-order valence-electron chi connectivity index (χ0n) is 18.4. The summed E-state index contributed by atoms with van der Waals surface area (Å²) in [5.41, 5.74) is 2.23. The van der Waals surface area contributed by atoms with E-state index in [4.69, 9.17) is 11.6 Å². The van der Waals surface area contributed by atoms with Gasteiger partial charge in [-0.3, -0.25) is 4.79 Å². The van der Waals surface area contributed by atoms with Crippen molar-refractivity contribution in [3.8, 4) is 0 Å². The quantitative estimate of drug-likeness (QED) is 0.392. The number of allylic oxidation sites excluding steroid dienone is 1. The fourth-order valence-electron chi connectivity index (χ4n) is 3.04. The number of anilines is 3. The number of sulfone groups is 1. The maximum atomic E-state index is 12.7. The zero-order valence-corrected chi connectivity index (χ0v) is 19.9. The number of carbonyl (C=O) groups is 1. The van der Waals surface area contributed by atoms with Crippen molar-refractivity contribution in [3.63, 3.8) is 0 Å². The molecule has 0 amide bonds. The number of halogens is 1. The van der Waals surface area contributed by atoms with Gasteiger partial charge in [-0.05, 0) is 43.2 Å². The largest absolute Gasteiger partial charge is 0.350 e. The van der Waals surface area contributed by atoms with Crippen molar-refractivity contribution in [1.29, 1.82) is 0 Å². The first-order valence-corrected chi connectivity index (χ1v) is 12.2. The number of aromatic nitrogens is 2. The Morgan fingerprint density at radius 1 is 1.15 bits per heavy atom. The molecule has 0 bridgehead atoms.